The first-order chi connectivity index (χ1) is 15.2. The first kappa shape index (κ1) is 22.7. The number of benzene rings is 1. The van der Waals surface area contributed by atoms with Crippen LogP contribution >= 0.6 is 0 Å². The van der Waals surface area contributed by atoms with Crippen molar-refractivity contribution in [2.75, 3.05) is 20.8 Å². The normalized spacial score (nSPS) is 26.5. The summed E-state index contributed by atoms with van der Waals surface area (Å²) in [5.74, 6) is 1.87. The van der Waals surface area contributed by atoms with Gasteiger partial charge in [-0.1, -0.05) is 19.4 Å². The molecule has 0 N–H and O–H groups in total. The smallest absolute Gasteiger partial charge is 0.336 e. The SMILES string of the molecule is COc1cc2ccc(=O)oc2c(OC)c1OCC=C(C)CCC1C2(C)CCC(O2)C1(C)C. The lowest BCUT2D eigenvalue weighted by Crippen LogP contribution is -2.40. The second kappa shape index (κ2) is 8.47. The predicted octanol–water partition coefficient (Wildman–Crippen LogP) is 5.51. The molecule has 1 aromatic heterocycles. The van der Waals surface area contributed by atoms with Gasteiger partial charge in [-0.3, -0.25) is 0 Å². The molecule has 3 heterocycles. The molecule has 4 rings (SSSR count). The van der Waals surface area contributed by atoms with Gasteiger partial charge in [0.2, 0.25) is 11.5 Å². The van der Waals surface area contributed by atoms with E-state index in [0.717, 1.165) is 19.3 Å². The number of rotatable bonds is 8. The van der Waals surface area contributed by atoms with Crippen molar-refractivity contribution in [3.63, 3.8) is 0 Å². The van der Waals surface area contributed by atoms with Crippen molar-refractivity contribution in [3.8, 4) is 17.2 Å². The summed E-state index contributed by atoms with van der Waals surface area (Å²) in [6, 6.07) is 4.84. The van der Waals surface area contributed by atoms with E-state index in [4.69, 9.17) is 23.4 Å². The summed E-state index contributed by atoms with van der Waals surface area (Å²) in [5, 5.41) is 0.710. The van der Waals surface area contributed by atoms with Gasteiger partial charge in [-0.25, -0.2) is 4.79 Å². The number of methoxy groups -OCH3 is 2. The number of hydrogen-bond donors (Lipinski definition) is 0. The van der Waals surface area contributed by atoms with Gasteiger partial charge in [0.1, 0.15) is 6.61 Å². The van der Waals surface area contributed by atoms with Crippen LogP contribution in [0.25, 0.3) is 11.0 Å². The minimum absolute atomic E-state index is 0.0146. The van der Waals surface area contributed by atoms with Gasteiger partial charge in [0.05, 0.1) is 25.9 Å². The van der Waals surface area contributed by atoms with Crippen LogP contribution in [0.1, 0.15) is 53.4 Å². The maximum atomic E-state index is 11.7. The van der Waals surface area contributed by atoms with Crippen LogP contribution in [-0.2, 0) is 4.74 Å². The molecule has 6 heteroatoms. The van der Waals surface area contributed by atoms with Gasteiger partial charge in [-0.05, 0) is 69.1 Å². The number of fused-ring (bicyclic) bond motifs is 3. The summed E-state index contributed by atoms with van der Waals surface area (Å²) in [5.41, 5.74) is 1.42. The minimum atomic E-state index is -0.441. The Morgan fingerprint density at radius 3 is 2.62 bits per heavy atom. The van der Waals surface area contributed by atoms with Crippen molar-refractivity contribution in [2.45, 2.75) is 65.1 Å². The van der Waals surface area contributed by atoms with Crippen LogP contribution in [0.2, 0.25) is 0 Å². The molecule has 2 aliphatic heterocycles. The quantitative estimate of drug-likeness (QED) is 0.397. The lowest BCUT2D eigenvalue weighted by atomic mass is 9.62. The van der Waals surface area contributed by atoms with E-state index in [2.05, 4.69) is 33.8 Å². The molecule has 2 bridgehead atoms. The fourth-order valence-corrected chi connectivity index (χ4v) is 5.68. The molecule has 0 saturated carbocycles. The predicted molar refractivity (Wildman–Crippen MR) is 124 cm³/mol. The second-order valence-electron chi connectivity index (χ2n) is 9.85. The molecule has 174 valence electrons. The van der Waals surface area contributed by atoms with E-state index in [-0.39, 0.29) is 11.0 Å². The van der Waals surface area contributed by atoms with Gasteiger partial charge in [-0.2, -0.15) is 0 Å². The zero-order chi connectivity index (χ0) is 23.1. The molecule has 32 heavy (non-hydrogen) atoms. The van der Waals surface area contributed by atoms with Crippen LogP contribution in [-0.4, -0.2) is 32.5 Å². The monoisotopic (exact) mass is 442 g/mol. The fraction of sp³-hybridized carbons (Fsp3) is 0.577. The van der Waals surface area contributed by atoms with Crippen molar-refractivity contribution in [1.82, 2.24) is 0 Å². The number of ether oxygens (including phenoxy) is 4. The topological polar surface area (TPSA) is 67.1 Å². The largest absolute Gasteiger partial charge is 0.493 e. The van der Waals surface area contributed by atoms with E-state index in [1.54, 1.807) is 19.2 Å². The highest BCUT2D eigenvalue weighted by atomic mass is 16.5. The second-order valence-corrected chi connectivity index (χ2v) is 9.85. The summed E-state index contributed by atoms with van der Waals surface area (Å²) in [6.45, 7) is 9.49. The Kier molecular flexibility index (Phi) is 6.01. The lowest BCUT2D eigenvalue weighted by molar-refractivity contribution is 0.00469. The summed E-state index contributed by atoms with van der Waals surface area (Å²) in [6.07, 6.45) is 6.93. The Bertz CT molecular complexity index is 1080. The summed E-state index contributed by atoms with van der Waals surface area (Å²) in [7, 11) is 3.10. The first-order valence-electron chi connectivity index (χ1n) is 11.3. The third kappa shape index (κ3) is 3.90. The van der Waals surface area contributed by atoms with Crippen molar-refractivity contribution >= 4 is 11.0 Å². The van der Waals surface area contributed by atoms with Crippen LogP contribution in [0.3, 0.4) is 0 Å². The van der Waals surface area contributed by atoms with Gasteiger partial charge in [0.15, 0.2) is 11.3 Å². The van der Waals surface area contributed by atoms with E-state index in [9.17, 15) is 4.79 Å². The minimum Gasteiger partial charge on any atom is -0.493 e. The van der Waals surface area contributed by atoms with Gasteiger partial charge in [-0.15, -0.1) is 0 Å². The highest BCUT2D eigenvalue weighted by molar-refractivity contribution is 5.88. The standard InChI is InChI=1S/C26H34O6/c1-16(7-9-19-25(2,3)20-11-13-26(19,4)32-20)12-14-30-23-18(28-5)15-17-8-10-21(27)31-22(17)24(23)29-6/h8,10,12,15,19-20H,7,9,11,13-14H2,1-6H3. The van der Waals surface area contributed by atoms with Gasteiger partial charge < -0.3 is 23.4 Å². The maximum Gasteiger partial charge on any atom is 0.336 e. The van der Waals surface area contributed by atoms with E-state index in [1.807, 2.05) is 0 Å². The Morgan fingerprint density at radius 2 is 1.97 bits per heavy atom. The molecule has 3 atom stereocenters. The van der Waals surface area contributed by atoms with Gasteiger partial charge in [0.25, 0.3) is 0 Å². The first-order valence-corrected chi connectivity index (χ1v) is 11.3. The molecule has 0 aliphatic carbocycles. The van der Waals surface area contributed by atoms with Crippen LogP contribution in [0.15, 0.2) is 39.1 Å². The molecule has 3 unspecified atom stereocenters. The highest BCUT2D eigenvalue weighted by Gasteiger charge is 2.60. The van der Waals surface area contributed by atoms with Crippen LogP contribution in [0.5, 0.6) is 17.2 Å². The number of allylic oxidation sites excluding steroid dienone is 1. The highest BCUT2D eigenvalue weighted by Crippen LogP contribution is 2.59. The molecule has 0 amide bonds. The Labute approximate surface area is 189 Å². The van der Waals surface area contributed by atoms with Crippen LogP contribution in [0.4, 0.5) is 0 Å². The third-order valence-electron chi connectivity index (χ3n) is 7.48. The van der Waals surface area contributed by atoms with Crippen LogP contribution in [0, 0.1) is 11.3 Å². The Morgan fingerprint density at radius 1 is 1.19 bits per heavy atom. The summed E-state index contributed by atoms with van der Waals surface area (Å²) < 4.78 is 28.8. The fourth-order valence-electron chi connectivity index (χ4n) is 5.68. The summed E-state index contributed by atoms with van der Waals surface area (Å²) >= 11 is 0. The maximum absolute atomic E-state index is 11.7. The zero-order valence-corrected chi connectivity index (χ0v) is 19.9. The van der Waals surface area contributed by atoms with E-state index < -0.39 is 5.63 Å². The molecule has 1 aromatic carbocycles. The van der Waals surface area contributed by atoms with Crippen molar-refractivity contribution in [2.24, 2.45) is 11.3 Å². The Balaban J connectivity index is 1.46. The molecule has 2 aliphatic rings. The summed E-state index contributed by atoms with van der Waals surface area (Å²) in [4.78, 5) is 11.7. The molecule has 2 saturated heterocycles. The lowest BCUT2D eigenvalue weighted by Gasteiger charge is -2.39. The van der Waals surface area contributed by atoms with Crippen molar-refractivity contribution in [1.29, 1.82) is 0 Å². The van der Waals surface area contributed by atoms with E-state index >= 15 is 0 Å². The molecule has 0 spiro atoms. The molecule has 2 aromatic rings. The third-order valence-corrected chi connectivity index (χ3v) is 7.48. The van der Waals surface area contributed by atoms with Crippen LogP contribution < -0.4 is 19.8 Å². The average Bonchev–Trinajstić information content (AvgIpc) is 3.23. The average molecular weight is 443 g/mol. The van der Waals surface area contributed by atoms with Crippen molar-refractivity contribution in [3.05, 3.63) is 40.3 Å². The molecule has 2 fully saturated rings. The van der Waals surface area contributed by atoms with E-state index in [0.29, 0.717) is 46.8 Å². The number of hydrogen-bond acceptors (Lipinski definition) is 6. The molecular weight excluding hydrogens is 408 g/mol. The zero-order valence-electron chi connectivity index (χ0n) is 19.9. The van der Waals surface area contributed by atoms with Crippen molar-refractivity contribution < 1.29 is 23.4 Å². The molecule has 6 nitrogen and oxygen atoms in total. The van der Waals surface area contributed by atoms with E-state index in [1.165, 1.54) is 25.2 Å². The molecular formula is C26H34O6. The molecule has 0 radical (unpaired) electrons. The Hall–Kier alpha value is -2.47. The van der Waals surface area contributed by atoms with Gasteiger partial charge in [0, 0.05) is 11.5 Å². The van der Waals surface area contributed by atoms with Gasteiger partial charge >= 0.3 is 5.63 Å².